The van der Waals surface area contributed by atoms with E-state index >= 15 is 0 Å². The number of hydrogen-bond donors (Lipinski definition) is 2. The number of carbonyl (C=O) groups is 3. The van der Waals surface area contributed by atoms with E-state index in [2.05, 4.69) is 10.2 Å². The smallest absolute Gasteiger partial charge is 0.337 e. The van der Waals surface area contributed by atoms with Crippen molar-refractivity contribution in [2.45, 2.75) is 45.2 Å². The number of esters is 1. The van der Waals surface area contributed by atoms with Gasteiger partial charge in [0.25, 0.3) is 5.91 Å². The Morgan fingerprint density at radius 1 is 0.978 bits per heavy atom. The third kappa shape index (κ3) is 9.07. The highest BCUT2D eigenvalue weighted by Gasteiger charge is 2.28. The lowest BCUT2D eigenvalue weighted by Gasteiger charge is -2.38. The fraction of sp³-hybridized carbons (Fsp3) is 0.364. The van der Waals surface area contributed by atoms with Gasteiger partial charge in [0, 0.05) is 38.3 Å². The number of primary amides is 1. The molecule has 1 aliphatic rings. The number of halogens is 3. The molecule has 3 aromatic rings. The van der Waals surface area contributed by atoms with Crippen LogP contribution in [0.15, 0.2) is 54.6 Å². The number of benzene rings is 3. The van der Waals surface area contributed by atoms with Crippen molar-refractivity contribution in [1.82, 2.24) is 9.80 Å². The van der Waals surface area contributed by atoms with Crippen LogP contribution < -0.4 is 20.5 Å². The van der Waals surface area contributed by atoms with Crippen LogP contribution in [0, 0.1) is 11.6 Å². The average molecular weight is 661 g/mol. The standard InChI is InChI=1S/C33H38F2N4O6.ClH/c1-4-5-14-39(33(42)37-28-18-25(31(36)40)26(34)19-27(28)35)23-12-15-38(16-13-23)20-21-6-9-24(10-7-21)45-29-11-8-22(32(41)44-3)17-30(29)43-2;/h6-11,17-19,23H,4-5,12-16,20H2,1-3H3,(H2,36,40)(H,37,42);1H. The first kappa shape index (κ1) is 36.1. The first-order valence-electron chi connectivity index (χ1n) is 14.7. The molecule has 0 radical (unpaired) electrons. The highest BCUT2D eigenvalue weighted by molar-refractivity contribution is 5.96. The van der Waals surface area contributed by atoms with E-state index in [1.807, 2.05) is 31.2 Å². The van der Waals surface area contributed by atoms with Crippen LogP contribution in [0.3, 0.4) is 0 Å². The van der Waals surface area contributed by atoms with Gasteiger partial charge in [0.1, 0.15) is 17.4 Å². The topological polar surface area (TPSA) is 123 Å². The minimum atomic E-state index is -1.08. The van der Waals surface area contributed by atoms with Crippen molar-refractivity contribution in [2.24, 2.45) is 5.73 Å². The van der Waals surface area contributed by atoms with E-state index in [0.29, 0.717) is 42.0 Å². The van der Waals surface area contributed by atoms with Gasteiger partial charge in [0.05, 0.1) is 31.0 Å². The first-order valence-corrected chi connectivity index (χ1v) is 14.7. The zero-order chi connectivity index (χ0) is 32.5. The molecule has 248 valence electrons. The van der Waals surface area contributed by atoms with Gasteiger partial charge in [0.2, 0.25) is 0 Å². The van der Waals surface area contributed by atoms with Gasteiger partial charge in [0.15, 0.2) is 11.5 Å². The molecule has 3 aromatic carbocycles. The molecule has 0 bridgehead atoms. The number of nitrogens with zero attached hydrogens (tertiary/aromatic N) is 2. The number of piperidine rings is 1. The molecule has 13 heteroatoms. The van der Waals surface area contributed by atoms with E-state index in [-0.39, 0.29) is 24.1 Å². The number of methoxy groups -OCH3 is 2. The molecule has 1 aliphatic heterocycles. The van der Waals surface area contributed by atoms with Crippen LogP contribution in [0.1, 0.15) is 58.9 Å². The third-order valence-electron chi connectivity index (χ3n) is 7.72. The monoisotopic (exact) mass is 660 g/mol. The molecule has 0 saturated carbocycles. The highest BCUT2D eigenvalue weighted by Crippen LogP contribution is 2.33. The van der Waals surface area contributed by atoms with E-state index in [1.165, 1.54) is 14.2 Å². The van der Waals surface area contributed by atoms with Crippen molar-refractivity contribution in [3.63, 3.8) is 0 Å². The number of likely N-dealkylation sites (tertiary alicyclic amines) is 1. The summed E-state index contributed by atoms with van der Waals surface area (Å²) in [5.41, 5.74) is 5.85. The Morgan fingerprint density at radius 2 is 1.67 bits per heavy atom. The van der Waals surface area contributed by atoms with Crippen molar-refractivity contribution >= 4 is 36.0 Å². The van der Waals surface area contributed by atoms with Gasteiger partial charge >= 0.3 is 12.0 Å². The van der Waals surface area contributed by atoms with Crippen LogP contribution in [0.25, 0.3) is 0 Å². The van der Waals surface area contributed by atoms with E-state index < -0.39 is 35.1 Å². The summed E-state index contributed by atoms with van der Waals surface area (Å²) in [7, 11) is 2.81. The maximum atomic E-state index is 14.4. The van der Waals surface area contributed by atoms with E-state index in [1.54, 1.807) is 23.1 Å². The van der Waals surface area contributed by atoms with Crippen molar-refractivity contribution < 1.29 is 37.4 Å². The Hall–Kier alpha value is -4.42. The summed E-state index contributed by atoms with van der Waals surface area (Å²) < 4.78 is 44.5. The second-order valence-electron chi connectivity index (χ2n) is 10.8. The summed E-state index contributed by atoms with van der Waals surface area (Å²) in [5.74, 6) is -2.10. The second-order valence-corrected chi connectivity index (χ2v) is 10.8. The molecular weight excluding hydrogens is 622 g/mol. The minimum Gasteiger partial charge on any atom is -0.493 e. The van der Waals surface area contributed by atoms with Crippen LogP contribution in [0.5, 0.6) is 17.2 Å². The fourth-order valence-corrected chi connectivity index (χ4v) is 5.23. The Morgan fingerprint density at radius 3 is 2.28 bits per heavy atom. The highest BCUT2D eigenvalue weighted by atomic mass is 35.5. The molecule has 3 N–H and O–H groups in total. The largest absolute Gasteiger partial charge is 0.493 e. The van der Waals surface area contributed by atoms with E-state index in [9.17, 15) is 23.2 Å². The number of ether oxygens (including phenoxy) is 3. The van der Waals surface area contributed by atoms with Gasteiger partial charge in [-0.3, -0.25) is 9.69 Å². The van der Waals surface area contributed by atoms with Crippen LogP contribution in [0.4, 0.5) is 19.3 Å². The second kappa shape index (κ2) is 16.8. The fourth-order valence-electron chi connectivity index (χ4n) is 5.23. The third-order valence-corrected chi connectivity index (χ3v) is 7.72. The number of nitrogens with two attached hydrogens (primary N) is 1. The van der Waals surface area contributed by atoms with Gasteiger partial charge in [-0.2, -0.15) is 0 Å². The number of amides is 3. The summed E-state index contributed by atoms with van der Waals surface area (Å²) in [6.45, 7) is 4.71. The van der Waals surface area contributed by atoms with E-state index in [4.69, 9.17) is 19.9 Å². The first-order chi connectivity index (χ1) is 21.6. The maximum Gasteiger partial charge on any atom is 0.337 e. The van der Waals surface area contributed by atoms with Crippen LogP contribution >= 0.6 is 12.4 Å². The van der Waals surface area contributed by atoms with Gasteiger partial charge < -0.3 is 30.2 Å². The molecule has 3 amide bonds. The lowest BCUT2D eigenvalue weighted by molar-refractivity contribution is 0.0600. The Labute approximate surface area is 273 Å². The van der Waals surface area contributed by atoms with Gasteiger partial charge in [-0.25, -0.2) is 18.4 Å². The number of rotatable bonds is 12. The van der Waals surface area contributed by atoms with Crippen molar-refractivity contribution in [1.29, 1.82) is 0 Å². The maximum absolute atomic E-state index is 14.4. The summed E-state index contributed by atoms with van der Waals surface area (Å²) in [4.78, 5) is 40.6. The summed E-state index contributed by atoms with van der Waals surface area (Å²) >= 11 is 0. The number of unbranched alkanes of at least 4 members (excludes halogenated alkanes) is 1. The van der Waals surface area contributed by atoms with Crippen LogP contribution in [-0.2, 0) is 11.3 Å². The van der Waals surface area contributed by atoms with E-state index in [0.717, 1.165) is 50.4 Å². The van der Waals surface area contributed by atoms with Gasteiger partial charge in [-0.15, -0.1) is 12.4 Å². The Bertz CT molecular complexity index is 1520. The van der Waals surface area contributed by atoms with Gasteiger partial charge in [-0.1, -0.05) is 25.5 Å². The molecule has 0 unspecified atom stereocenters. The normalized spacial score (nSPS) is 13.3. The molecule has 0 spiro atoms. The predicted octanol–water partition coefficient (Wildman–Crippen LogP) is 6.37. The summed E-state index contributed by atoms with van der Waals surface area (Å²) in [6.07, 6.45) is 3.07. The Balaban J connectivity index is 0.00000576. The van der Waals surface area contributed by atoms with Crippen LogP contribution in [0.2, 0.25) is 0 Å². The number of carbonyl (C=O) groups excluding carboxylic acids is 3. The predicted molar refractivity (Wildman–Crippen MR) is 172 cm³/mol. The lowest BCUT2D eigenvalue weighted by Crippen LogP contribution is -2.49. The average Bonchev–Trinajstić information content (AvgIpc) is 3.03. The minimum absolute atomic E-state index is 0. The van der Waals surface area contributed by atoms with Crippen molar-refractivity contribution in [2.75, 3.05) is 39.2 Å². The molecule has 1 fully saturated rings. The van der Waals surface area contributed by atoms with Crippen LogP contribution in [-0.4, -0.2) is 67.6 Å². The summed E-state index contributed by atoms with van der Waals surface area (Å²) in [6, 6.07) is 13.4. The number of anilines is 1. The number of hydrogen-bond acceptors (Lipinski definition) is 7. The quantitative estimate of drug-likeness (QED) is 0.216. The molecule has 0 aromatic heterocycles. The number of urea groups is 1. The molecular formula is C33H39ClF2N4O6. The zero-order valence-corrected chi connectivity index (χ0v) is 26.8. The molecule has 0 atom stereocenters. The lowest BCUT2D eigenvalue weighted by atomic mass is 10.0. The van der Waals surface area contributed by atoms with Gasteiger partial charge in [-0.05, 0) is 61.2 Å². The summed E-state index contributed by atoms with van der Waals surface area (Å²) in [5, 5.41) is 2.51. The van der Waals surface area contributed by atoms with Crippen molar-refractivity contribution in [3.05, 3.63) is 82.9 Å². The molecule has 10 nitrogen and oxygen atoms in total. The van der Waals surface area contributed by atoms with Crippen molar-refractivity contribution in [3.8, 4) is 17.2 Å². The molecule has 1 heterocycles. The molecule has 4 rings (SSSR count). The molecule has 46 heavy (non-hydrogen) atoms. The Kier molecular flexibility index (Phi) is 13.1. The SMILES string of the molecule is CCCCN(C(=O)Nc1cc(C(N)=O)c(F)cc1F)C1CCN(Cc2ccc(Oc3ccc(C(=O)OC)cc3OC)cc2)CC1.Cl. The number of nitrogens with one attached hydrogen (secondary N) is 1. The molecule has 1 saturated heterocycles. The zero-order valence-electron chi connectivity index (χ0n) is 26.0. The molecule has 0 aliphatic carbocycles.